The number of hydrogen-bond donors (Lipinski definition) is 7. The topological polar surface area (TPSA) is 337 Å². The zero-order valence-electron chi connectivity index (χ0n) is 47.6. The number of hydrogen-bond acceptors (Lipinski definition) is 14. The molecule has 1 aromatic carbocycles. The van der Waals surface area contributed by atoms with E-state index in [-0.39, 0.29) is 59.4 Å². The number of alkyl carbamates (subject to hydrolysis) is 1. The molecule has 1 aromatic rings. The first kappa shape index (κ1) is 122. The molecule has 0 aromatic heterocycles. The van der Waals surface area contributed by atoms with Crippen molar-refractivity contribution in [2.75, 3.05) is 25.1 Å². The van der Waals surface area contributed by atoms with Crippen molar-refractivity contribution in [2.24, 2.45) is 28.7 Å². The predicted octanol–water partition coefficient (Wildman–Crippen LogP) is 11.6. The van der Waals surface area contributed by atoms with Crippen LogP contribution in [0.4, 0.5) is 24.0 Å². The predicted molar refractivity (Wildman–Crippen MR) is 355 cm³/mol. The van der Waals surface area contributed by atoms with E-state index in [1.807, 2.05) is 44.2 Å². The maximum absolute atomic E-state index is 10.7. The molecule has 12 radical (unpaired) electrons. The number of aliphatic carboxylic acids is 1. The third-order valence-corrected chi connectivity index (χ3v) is 3.39. The van der Waals surface area contributed by atoms with Gasteiger partial charge < -0.3 is 82.4 Å². The number of carboxylic acids is 1. The molecule has 0 aliphatic carbocycles. The van der Waals surface area contributed by atoms with Crippen molar-refractivity contribution in [3.63, 3.8) is 0 Å². The van der Waals surface area contributed by atoms with E-state index in [2.05, 4.69) is 164 Å². The molecule has 0 fully saturated rings. The summed E-state index contributed by atoms with van der Waals surface area (Å²) in [5, 5.41) is 9.79. The van der Waals surface area contributed by atoms with Gasteiger partial charge in [-0.2, -0.15) is 0 Å². The van der Waals surface area contributed by atoms with Gasteiger partial charge in [-0.3, -0.25) is 9.59 Å². The molecule has 32 heteroatoms. The summed E-state index contributed by atoms with van der Waals surface area (Å²) in [5.41, 5.74) is 22.5. The second-order valence-corrected chi connectivity index (χ2v) is 63.1. The molecule has 0 aliphatic heterocycles. The Morgan fingerprint density at radius 1 is 0.595 bits per heavy atom. The number of carbonyl (C=O) groups is 7. The summed E-state index contributed by atoms with van der Waals surface area (Å²) in [7, 11) is 3.66. The zero-order chi connectivity index (χ0) is 57.5. The van der Waals surface area contributed by atoms with Crippen molar-refractivity contribution in [3.05, 3.63) is 50.7 Å². The Bertz CT molecular complexity index is 1240. The van der Waals surface area contributed by atoms with Gasteiger partial charge in [-0.05, 0) is 107 Å². The Kier molecular flexibility index (Phi) is 139. The molecule has 5 amide bonds. The molecule has 0 aliphatic rings. The Balaban J connectivity index is -0.0000000327. The molecule has 0 saturated carbocycles. The summed E-state index contributed by atoms with van der Waals surface area (Å²) in [6.45, 7) is 32.3. The molecule has 0 saturated heterocycles. The summed E-state index contributed by atoms with van der Waals surface area (Å²) in [4.78, 5) is 69.3. The van der Waals surface area contributed by atoms with Gasteiger partial charge in [0.1, 0.15) is 29.0 Å². The van der Waals surface area contributed by atoms with Gasteiger partial charge in [-0.25, -0.2) is 24.0 Å². The number of rotatable bonds is 3. The van der Waals surface area contributed by atoms with Crippen LogP contribution in [0, 0.1) is 14.9 Å². The average Bonchev–Trinajstić information content (AvgIpc) is 3.10. The fourth-order valence-electron chi connectivity index (χ4n) is 2.21. The Morgan fingerprint density at radius 3 is 0.878 bits per heavy atom. The monoisotopic (exact) mass is 1810 g/mol. The van der Waals surface area contributed by atoms with Crippen molar-refractivity contribution in [2.45, 2.75) is 154 Å². The normalized spacial score (nSPS) is 8.22. The first-order valence-corrected chi connectivity index (χ1v) is 43.6. The van der Waals surface area contributed by atoms with Gasteiger partial charge >= 0.3 is 151 Å². The molecule has 74 heavy (non-hydrogen) atoms. The van der Waals surface area contributed by atoms with E-state index in [1.54, 1.807) is 90.0 Å². The number of primary amides is 4. The number of carboxylic acid groups (broad SMARTS) is 1. The van der Waals surface area contributed by atoms with E-state index < -0.39 is 58.8 Å². The standard InChI is InChI=1S/C9H11NO2.4C5H11NO2.C4H8O2.C2H5I.C2H4O2.C2H6.CH5N.2CH3.4B.5HI.2V/c1-10-9(11)12-7-8-5-3-2-4-6-8;4*1-5(2,3)8-4(6)7;1-3-6-4(2)5;1-2-3;1-2(3)4;2*1-2;;;;;;;;;;;;;/h2-6H,7H2,1H3,(H,10,11);4*1-3H3,(H2,6,7);3H2,1-2H3;2H2,1H3;1H3,(H,3,4);1-2H3;2H2,1H3;2*1H3;;;;;5*1H;;/q;;;;;;;;;;2*-1;;;;;;;;;;+2;+3/p-5. The van der Waals surface area contributed by atoms with E-state index >= 15 is 0 Å². The van der Waals surface area contributed by atoms with Crippen LogP contribution in [0.5, 0.6) is 0 Å². The van der Waals surface area contributed by atoms with Gasteiger partial charge in [0.2, 0.25) is 0 Å². The molecule has 0 bridgehead atoms. The fraction of sp³-hybridized carbons (Fsp3) is 0.643. The third-order valence-electron chi connectivity index (χ3n) is 3.39. The van der Waals surface area contributed by atoms with E-state index in [9.17, 15) is 28.8 Å². The number of esters is 1. The van der Waals surface area contributed by atoms with Crippen molar-refractivity contribution in [1.82, 2.24) is 5.32 Å². The number of nitrogens with two attached hydrogens (primary N) is 5. The van der Waals surface area contributed by atoms with E-state index in [4.69, 9.17) is 37.6 Å². The first-order valence-electron chi connectivity index (χ1n) is 19.5. The summed E-state index contributed by atoms with van der Waals surface area (Å²) in [6, 6.07) is 9.54. The van der Waals surface area contributed by atoms with Crippen LogP contribution in [0.15, 0.2) is 30.3 Å². The molecule has 0 atom stereocenters. The van der Waals surface area contributed by atoms with Crippen LogP contribution < -0.4 is 34.0 Å². The number of alkyl halides is 1. The van der Waals surface area contributed by atoms with Gasteiger partial charge in [-0.1, -0.05) is 73.7 Å². The minimum absolute atomic E-state index is 0. The molecular weight excluding hydrogens is 1720 g/mol. The Labute approximate surface area is 536 Å². The third kappa shape index (κ3) is 251. The molecule has 20 nitrogen and oxygen atoms in total. The first-order chi connectivity index (χ1) is 30.6. The van der Waals surface area contributed by atoms with Gasteiger partial charge in [-0.15, -0.1) is 0 Å². The van der Waals surface area contributed by atoms with Crippen LogP contribution in [0.2, 0.25) is 0 Å². The number of ether oxygens (including phenoxy) is 6. The molecular formula is C42H89B4I6N6O14V2-2. The Morgan fingerprint density at radius 2 is 0.784 bits per heavy atom. The minimum atomic E-state index is -0.833. The van der Waals surface area contributed by atoms with Gasteiger partial charge in [0.05, 0.1) is 6.61 Å². The summed E-state index contributed by atoms with van der Waals surface area (Å²) in [5.74, 6) is -1.04. The van der Waals surface area contributed by atoms with Crippen LogP contribution in [-0.2, 0) is 59.0 Å². The van der Waals surface area contributed by atoms with Crippen LogP contribution in [-0.4, -0.2) is 129 Å². The fourth-order valence-corrected chi connectivity index (χ4v) is 2.21. The van der Waals surface area contributed by atoms with Crippen LogP contribution in [0.25, 0.3) is 0 Å². The molecule has 0 spiro atoms. The molecule has 437 valence electrons. The summed E-state index contributed by atoms with van der Waals surface area (Å²) < 4.78 is 28.8. The Hall–Kier alpha value is 0.279. The number of halogens is 6. The molecule has 12 N–H and O–H groups in total. The van der Waals surface area contributed by atoms with Crippen molar-refractivity contribution >= 4 is 199 Å². The average molecular weight is 1810 g/mol. The van der Waals surface area contributed by atoms with Gasteiger partial charge in [0.15, 0.2) is 0 Å². The van der Waals surface area contributed by atoms with Crippen LogP contribution in [0.1, 0.15) is 130 Å². The number of nitrogens with one attached hydrogen (secondary N) is 1. The summed E-state index contributed by atoms with van der Waals surface area (Å²) >= 11 is 14.4. The quantitative estimate of drug-likeness (QED) is 0.0369. The van der Waals surface area contributed by atoms with E-state index in [0.717, 1.165) is 12.5 Å². The van der Waals surface area contributed by atoms with E-state index in [1.165, 1.54) is 25.4 Å². The van der Waals surface area contributed by atoms with Gasteiger partial charge in [0.25, 0.3) is 5.97 Å². The van der Waals surface area contributed by atoms with Crippen LogP contribution >= 0.6 is 122 Å². The number of carbonyl (C=O) groups excluding carboxylic acids is 6. The van der Waals surface area contributed by atoms with Gasteiger partial charge in [0, 0.05) is 54.5 Å². The maximum atomic E-state index is 10.7. The van der Waals surface area contributed by atoms with E-state index in [0.29, 0.717) is 22.7 Å². The van der Waals surface area contributed by atoms with Crippen LogP contribution in [0.3, 0.4) is 0 Å². The summed E-state index contributed by atoms with van der Waals surface area (Å²) in [6.07, 6.45) is -3.30. The van der Waals surface area contributed by atoms with Crippen molar-refractivity contribution < 1.29 is 81.5 Å². The second-order valence-electron chi connectivity index (χ2n) is 14.4. The zero-order valence-corrected chi connectivity index (χ0v) is 63.4. The molecule has 0 unspecified atom stereocenters. The number of benzene rings is 1. The van der Waals surface area contributed by atoms with Crippen molar-refractivity contribution in [1.29, 1.82) is 0 Å². The molecule has 1 rings (SSSR count). The number of amides is 5. The SMILES string of the molecule is CC.CC(=O)O.CC(C)(C)OC(N)=O.CC(C)(C)OC(N)=O.CC(C)(C)OC(N)=O.CC(C)(C)OC(N)=O.CCI.CCOC(C)=O.CN.CNC(=O)OCc1ccccc1.[B].[B].[B].[B].[CH3-].[CH3-].[I][V]([I])[I].[I][V][I]. The molecule has 0 heterocycles. The van der Waals surface area contributed by atoms with Crippen molar-refractivity contribution in [3.8, 4) is 0 Å². The second kappa shape index (κ2) is 84.6.